The van der Waals surface area contributed by atoms with Gasteiger partial charge in [0.15, 0.2) is 11.2 Å². The minimum absolute atomic E-state index is 0.198. The first-order valence-corrected chi connectivity index (χ1v) is 11.5. The van der Waals surface area contributed by atoms with Crippen LogP contribution in [0.4, 0.5) is 10.3 Å². The third-order valence-corrected chi connectivity index (χ3v) is 5.77. The van der Waals surface area contributed by atoms with Crippen molar-refractivity contribution in [2.75, 3.05) is 5.43 Å². The van der Waals surface area contributed by atoms with Gasteiger partial charge in [0, 0.05) is 7.05 Å². The number of hydrogen-bond acceptors (Lipinski definition) is 6. The second kappa shape index (κ2) is 10.3. The highest BCUT2D eigenvalue weighted by Gasteiger charge is 2.17. The van der Waals surface area contributed by atoms with E-state index in [4.69, 9.17) is 4.74 Å². The van der Waals surface area contributed by atoms with Crippen molar-refractivity contribution in [1.82, 2.24) is 19.1 Å². The van der Waals surface area contributed by atoms with Crippen LogP contribution < -0.4 is 21.4 Å². The van der Waals surface area contributed by atoms with Crippen molar-refractivity contribution >= 4 is 23.3 Å². The third kappa shape index (κ3) is 5.32. The Bertz CT molecular complexity index is 1670. The number of hydrazone groups is 1. The molecule has 0 spiro atoms. The van der Waals surface area contributed by atoms with Crippen molar-refractivity contribution in [3.8, 4) is 5.75 Å². The van der Waals surface area contributed by atoms with Crippen LogP contribution in [0.2, 0.25) is 0 Å². The van der Waals surface area contributed by atoms with E-state index in [9.17, 15) is 14.0 Å². The molecule has 0 aliphatic carbocycles. The number of aryl methyl sites for hydroxylation is 1. The van der Waals surface area contributed by atoms with E-state index in [2.05, 4.69) is 20.5 Å². The van der Waals surface area contributed by atoms with Crippen LogP contribution in [-0.2, 0) is 20.2 Å². The van der Waals surface area contributed by atoms with Crippen LogP contribution in [0.1, 0.15) is 16.7 Å². The SMILES string of the molecule is Cn1c(=O)[nH]c(=O)c2c1nc(NN=Cc1ccc(OCc3ccccc3)cc1)n2Cc1ccc(F)cc1. The molecule has 2 N–H and O–H groups in total. The summed E-state index contributed by atoms with van der Waals surface area (Å²) in [6.07, 6.45) is 1.60. The molecule has 0 saturated heterocycles. The number of H-pyrrole nitrogens is 1. The van der Waals surface area contributed by atoms with Gasteiger partial charge in [-0.25, -0.2) is 14.6 Å². The molecule has 9 nitrogen and oxygen atoms in total. The molecule has 0 amide bonds. The van der Waals surface area contributed by atoms with Crippen LogP contribution in [0.25, 0.3) is 11.2 Å². The van der Waals surface area contributed by atoms with Gasteiger partial charge in [-0.05, 0) is 53.1 Å². The number of ether oxygens (including phenoxy) is 1. The molecule has 10 heteroatoms. The highest BCUT2D eigenvalue weighted by molar-refractivity contribution is 5.80. The molecule has 0 fully saturated rings. The Morgan fingerprint density at radius 1 is 1.00 bits per heavy atom. The summed E-state index contributed by atoms with van der Waals surface area (Å²) in [4.78, 5) is 31.4. The minimum Gasteiger partial charge on any atom is -0.489 e. The van der Waals surface area contributed by atoms with Crippen LogP contribution in [0, 0.1) is 5.82 Å². The van der Waals surface area contributed by atoms with Crippen molar-refractivity contribution in [3.05, 3.63) is 122 Å². The fourth-order valence-electron chi connectivity index (χ4n) is 3.80. The van der Waals surface area contributed by atoms with Gasteiger partial charge in [0.05, 0.1) is 12.8 Å². The van der Waals surface area contributed by atoms with Gasteiger partial charge in [-0.3, -0.25) is 18.9 Å². The fraction of sp³-hybridized carbons (Fsp3) is 0.111. The summed E-state index contributed by atoms with van der Waals surface area (Å²) in [6, 6.07) is 23.2. The van der Waals surface area contributed by atoms with Crippen LogP contribution in [0.5, 0.6) is 5.75 Å². The molecule has 37 heavy (non-hydrogen) atoms. The van der Waals surface area contributed by atoms with E-state index in [1.807, 2.05) is 54.6 Å². The average Bonchev–Trinajstić information content (AvgIpc) is 3.27. The Balaban J connectivity index is 1.36. The number of anilines is 1. The Morgan fingerprint density at radius 3 is 2.46 bits per heavy atom. The van der Waals surface area contributed by atoms with Crippen LogP contribution >= 0.6 is 0 Å². The highest BCUT2D eigenvalue weighted by Crippen LogP contribution is 2.18. The predicted octanol–water partition coefficient (Wildman–Crippen LogP) is 3.64. The first-order chi connectivity index (χ1) is 18.0. The number of imidazole rings is 1. The quantitative estimate of drug-likeness (QED) is 0.251. The van der Waals surface area contributed by atoms with E-state index < -0.39 is 11.2 Å². The number of halogens is 1. The summed E-state index contributed by atoms with van der Waals surface area (Å²) in [7, 11) is 1.52. The van der Waals surface area contributed by atoms with Gasteiger partial charge in [-0.1, -0.05) is 42.5 Å². The van der Waals surface area contributed by atoms with E-state index in [1.165, 1.54) is 23.7 Å². The number of aromatic nitrogens is 4. The lowest BCUT2D eigenvalue weighted by atomic mass is 10.2. The summed E-state index contributed by atoms with van der Waals surface area (Å²) in [5, 5.41) is 4.27. The third-order valence-electron chi connectivity index (χ3n) is 5.77. The molecule has 2 aromatic heterocycles. The van der Waals surface area contributed by atoms with Crippen LogP contribution in [0.3, 0.4) is 0 Å². The van der Waals surface area contributed by atoms with Crippen molar-refractivity contribution in [3.63, 3.8) is 0 Å². The molecule has 2 heterocycles. The highest BCUT2D eigenvalue weighted by atomic mass is 19.1. The number of hydrogen-bond donors (Lipinski definition) is 2. The summed E-state index contributed by atoms with van der Waals surface area (Å²) < 4.78 is 22.0. The lowest BCUT2D eigenvalue weighted by Gasteiger charge is -2.08. The minimum atomic E-state index is -0.575. The topological polar surface area (TPSA) is 106 Å². The number of benzene rings is 3. The normalized spacial score (nSPS) is 11.3. The van der Waals surface area contributed by atoms with Gasteiger partial charge in [-0.2, -0.15) is 10.1 Å². The lowest BCUT2D eigenvalue weighted by molar-refractivity contribution is 0.306. The Morgan fingerprint density at radius 2 is 1.73 bits per heavy atom. The fourth-order valence-corrected chi connectivity index (χ4v) is 3.80. The standard InChI is InChI=1S/C27H23FN6O3/c1-33-24-23(25(35)31-27(33)36)34(16-19-7-11-21(28)12-8-19)26(30-24)32-29-15-18-9-13-22(14-10-18)37-17-20-5-3-2-4-6-20/h2-15H,16-17H2,1H3,(H,30,32)(H,31,35,36). The van der Waals surface area contributed by atoms with Gasteiger partial charge < -0.3 is 4.74 Å². The summed E-state index contributed by atoms with van der Waals surface area (Å²) in [5.41, 5.74) is 4.75. The Hall–Kier alpha value is -4.99. The summed E-state index contributed by atoms with van der Waals surface area (Å²) in [5.74, 6) is 0.624. The molecule has 0 unspecified atom stereocenters. The van der Waals surface area contributed by atoms with E-state index in [-0.39, 0.29) is 29.5 Å². The van der Waals surface area contributed by atoms with Crippen LogP contribution in [0.15, 0.2) is 93.6 Å². The molecular formula is C27H23FN6O3. The second-order valence-corrected chi connectivity index (χ2v) is 8.35. The zero-order valence-corrected chi connectivity index (χ0v) is 19.9. The molecule has 0 aliphatic heterocycles. The van der Waals surface area contributed by atoms with E-state index in [0.717, 1.165) is 22.4 Å². The zero-order chi connectivity index (χ0) is 25.8. The molecule has 0 bridgehead atoms. The largest absolute Gasteiger partial charge is 0.489 e. The number of nitrogens with one attached hydrogen (secondary N) is 2. The summed E-state index contributed by atoms with van der Waals surface area (Å²) in [6.45, 7) is 0.686. The van der Waals surface area contributed by atoms with Crippen molar-refractivity contribution < 1.29 is 9.13 Å². The van der Waals surface area contributed by atoms with Gasteiger partial charge >= 0.3 is 5.69 Å². The second-order valence-electron chi connectivity index (χ2n) is 8.35. The summed E-state index contributed by atoms with van der Waals surface area (Å²) >= 11 is 0. The van der Waals surface area contributed by atoms with Crippen molar-refractivity contribution in [1.29, 1.82) is 0 Å². The maximum absolute atomic E-state index is 13.4. The van der Waals surface area contributed by atoms with E-state index in [0.29, 0.717) is 6.61 Å². The number of aromatic amines is 1. The molecular weight excluding hydrogens is 475 g/mol. The van der Waals surface area contributed by atoms with Gasteiger partial charge in [-0.15, -0.1) is 0 Å². The Kier molecular flexibility index (Phi) is 6.62. The number of nitrogens with zero attached hydrogens (tertiary/aromatic N) is 4. The number of fused-ring (bicyclic) bond motifs is 1. The lowest BCUT2D eigenvalue weighted by Crippen LogP contribution is -2.29. The molecule has 0 atom stereocenters. The molecule has 0 aliphatic rings. The predicted molar refractivity (Wildman–Crippen MR) is 140 cm³/mol. The van der Waals surface area contributed by atoms with Gasteiger partial charge in [0.25, 0.3) is 5.56 Å². The Labute approximate surface area is 210 Å². The maximum atomic E-state index is 13.4. The van der Waals surface area contributed by atoms with Crippen molar-refractivity contribution in [2.45, 2.75) is 13.2 Å². The van der Waals surface area contributed by atoms with E-state index >= 15 is 0 Å². The molecule has 186 valence electrons. The molecule has 3 aromatic carbocycles. The maximum Gasteiger partial charge on any atom is 0.329 e. The van der Waals surface area contributed by atoms with Gasteiger partial charge in [0.1, 0.15) is 18.2 Å². The van der Waals surface area contributed by atoms with Crippen molar-refractivity contribution in [2.24, 2.45) is 12.1 Å². The average molecular weight is 499 g/mol. The van der Waals surface area contributed by atoms with E-state index in [1.54, 1.807) is 22.9 Å². The zero-order valence-electron chi connectivity index (χ0n) is 19.9. The first kappa shape index (κ1) is 23.7. The number of rotatable bonds is 8. The van der Waals surface area contributed by atoms with Crippen LogP contribution in [-0.4, -0.2) is 25.3 Å². The smallest absolute Gasteiger partial charge is 0.329 e. The monoisotopic (exact) mass is 498 g/mol. The molecule has 5 aromatic rings. The first-order valence-electron chi connectivity index (χ1n) is 11.5. The van der Waals surface area contributed by atoms with Gasteiger partial charge in [0.2, 0.25) is 5.95 Å². The molecule has 0 saturated carbocycles. The molecule has 0 radical (unpaired) electrons. The molecule has 5 rings (SSSR count).